The van der Waals surface area contributed by atoms with Crippen LogP contribution in [0.25, 0.3) is 6.08 Å². The number of hydrogen-bond acceptors (Lipinski definition) is 2. The summed E-state index contributed by atoms with van der Waals surface area (Å²) in [7, 11) is 1.51. The molecule has 0 fully saturated rings. The fourth-order valence-electron chi connectivity index (χ4n) is 0.948. The maximum atomic E-state index is 10.2. The van der Waals surface area contributed by atoms with Gasteiger partial charge in [0.25, 0.3) is 0 Å². The number of benzene rings is 1. The number of methoxy groups -OCH3 is 1. The molecule has 0 aromatic heterocycles. The average Bonchev–Trinajstić information content (AvgIpc) is 2.16. The Balaban J connectivity index is 2.95. The number of hydrogen-bond donors (Lipinski definition) is 1. The highest BCUT2D eigenvalue weighted by Crippen LogP contribution is 2.25. The van der Waals surface area contributed by atoms with E-state index >= 15 is 0 Å². The third-order valence-electron chi connectivity index (χ3n) is 1.59. The Labute approximate surface area is 86.6 Å². The Morgan fingerprint density at radius 3 is 2.86 bits per heavy atom. The van der Waals surface area contributed by atoms with E-state index in [1.165, 1.54) is 13.2 Å². The fourth-order valence-corrected chi connectivity index (χ4v) is 1.14. The van der Waals surface area contributed by atoms with Gasteiger partial charge < -0.3 is 9.84 Å². The summed E-state index contributed by atoms with van der Waals surface area (Å²) in [5, 5.41) is 8.91. The van der Waals surface area contributed by atoms with Gasteiger partial charge in [0.15, 0.2) is 0 Å². The number of aliphatic carboxylic acids is 1. The quantitative estimate of drug-likeness (QED) is 0.783. The molecule has 1 aromatic rings. The van der Waals surface area contributed by atoms with Crippen molar-refractivity contribution in [3.8, 4) is 5.75 Å². The van der Waals surface area contributed by atoms with E-state index in [1.54, 1.807) is 18.2 Å². The molecule has 74 valence electrons. The zero-order valence-electron chi connectivity index (χ0n) is 7.53. The lowest BCUT2D eigenvalue weighted by Crippen LogP contribution is -1.87. The molecule has 0 amide bonds. The highest BCUT2D eigenvalue weighted by Gasteiger charge is 1.99. The number of carboxylic acid groups (broad SMARTS) is 1. The fraction of sp³-hybridized carbons (Fsp3) is 0.100. The lowest BCUT2D eigenvalue weighted by molar-refractivity contribution is -0.131. The van der Waals surface area contributed by atoms with E-state index in [4.69, 9.17) is 21.4 Å². The number of carboxylic acids is 1. The average molecular weight is 213 g/mol. The zero-order chi connectivity index (χ0) is 10.6. The van der Waals surface area contributed by atoms with Crippen LogP contribution in [0.5, 0.6) is 5.75 Å². The van der Waals surface area contributed by atoms with Gasteiger partial charge in [-0.25, -0.2) is 4.79 Å². The molecule has 0 unspecified atom stereocenters. The molecule has 0 bridgehead atoms. The van der Waals surface area contributed by atoms with E-state index in [-0.39, 0.29) is 0 Å². The molecule has 0 saturated carbocycles. The van der Waals surface area contributed by atoms with Crippen LogP contribution in [0.2, 0.25) is 5.02 Å². The maximum Gasteiger partial charge on any atom is 0.328 e. The molecular formula is C10H9ClO3. The van der Waals surface area contributed by atoms with E-state index in [9.17, 15) is 4.79 Å². The Kier molecular flexibility index (Phi) is 3.54. The summed E-state index contributed by atoms with van der Waals surface area (Å²) in [6.07, 6.45) is 2.53. The minimum atomic E-state index is -0.987. The van der Waals surface area contributed by atoms with Gasteiger partial charge in [-0.1, -0.05) is 17.7 Å². The van der Waals surface area contributed by atoms with Crippen LogP contribution in [0.1, 0.15) is 5.56 Å². The lowest BCUT2D eigenvalue weighted by Gasteiger charge is -2.02. The standard InChI is InChI=1S/C10H9ClO3/c1-14-9-6-7(2-4-8(9)11)3-5-10(12)13/h2-6H,1H3,(H,12,13)/b5-3+. The molecule has 1 N–H and O–H groups in total. The van der Waals surface area contributed by atoms with E-state index in [2.05, 4.69) is 0 Å². The molecule has 4 heteroatoms. The Morgan fingerprint density at radius 2 is 2.29 bits per heavy atom. The molecule has 0 heterocycles. The van der Waals surface area contributed by atoms with Crippen molar-refractivity contribution in [3.63, 3.8) is 0 Å². The molecule has 0 spiro atoms. The van der Waals surface area contributed by atoms with Crippen molar-refractivity contribution in [2.45, 2.75) is 0 Å². The van der Waals surface area contributed by atoms with Gasteiger partial charge in [0.2, 0.25) is 0 Å². The summed E-state index contributed by atoms with van der Waals surface area (Å²) >= 11 is 5.79. The second-order valence-electron chi connectivity index (χ2n) is 2.57. The first-order valence-electron chi connectivity index (χ1n) is 3.88. The Morgan fingerprint density at radius 1 is 1.57 bits per heavy atom. The van der Waals surface area contributed by atoms with Crippen molar-refractivity contribution in [1.29, 1.82) is 0 Å². The van der Waals surface area contributed by atoms with E-state index < -0.39 is 5.97 Å². The van der Waals surface area contributed by atoms with Crippen LogP contribution in [0.4, 0.5) is 0 Å². The van der Waals surface area contributed by atoms with Gasteiger partial charge in [-0.15, -0.1) is 0 Å². The summed E-state index contributed by atoms with van der Waals surface area (Å²) < 4.78 is 4.98. The highest BCUT2D eigenvalue weighted by atomic mass is 35.5. The molecule has 1 rings (SSSR count). The third-order valence-corrected chi connectivity index (χ3v) is 1.91. The first-order valence-corrected chi connectivity index (χ1v) is 4.26. The molecular weight excluding hydrogens is 204 g/mol. The molecule has 14 heavy (non-hydrogen) atoms. The summed E-state index contributed by atoms with van der Waals surface area (Å²) in [5.41, 5.74) is 0.730. The van der Waals surface area contributed by atoms with Crippen LogP contribution < -0.4 is 4.74 Å². The van der Waals surface area contributed by atoms with Gasteiger partial charge in [0, 0.05) is 6.08 Å². The molecule has 0 radical (unpaired) electrons. The van der Waals surface area contributed by atoms with Gasteiger partial charge >= 0.3 is 5.97 Å². The Bertz CT molecular complexity index is 372. The van der Waals surface area contributed by atoms with E-state index in [0.717, 1.165) is 11.6 Å². The largest absolute Gasteiger partial charge is 0.495 e. The predicted octanol–water partition coefficient (Wildman–Crippen LogP) is 2.45. The van der Waals surface area contributed by atoms with Crippen LogP contribution in [-0.2, 0) is 4.79 Å². The third kappa shape index (κ3) is 2.78. The van der Waals surface area contributed by atoms with Crippen molar-refractivity contribution in [2.24, 2.45) is 0 Å². The molecule has 0 aliphatic heterocycles. The molecule has 1 aromatic carbocycles. The predicted molar refractivity (Wildman–Crippen MR) is 54.7 cm³/mol. The second-order valence-corrected chi connectivity index (χ2v) is 2.97. The van der Waals surface area contributed by atoms with Crippen LogP contribution in [-0.4, -0.2) is 18.2 Å². The van der Waals surface area contributed by atoms with E-state index in [0.29, 0.717) is 10.8 Å². The Hall–Kier alpha value is -1.48. The molecule has 0 aliphatic rings. The van der Waals surface area contributed by atoms with Crippen molar-refractivity contribution >= 4 is 23.6 Å². The second kappa shape index (κ2) is 4.67. The first-order chi connectivity index (χ1) is 6.63. The zero-order valence-corrected chi connectivity index (χ0v) is 8.28. The van der Waals surface area contributed by atoms with Crippen LogP contribution in [0.3, 0.4) is 0 Å². The highest BCUT2D eigenvalue weighted by molar-refractivity contribution is 6.32. The summed E-state index contributed by atoms with van der Waals surface area (Å²) in [6, 6.07) is 5.04. The van der Waals surface area contributed by atoms with E-state index in [1.807, 2.05) is 0 Å². The maximum absolute atomic E-state index is 10.2. The van der Waals surface area contributed by atoms with Crippen molar-refractivity contribution in [3.05, 3.63) is 34.9 Å². The van der Waals surface area contributed by atoms with Crippen LogP contribution in [0.15, 0.2) is 24.3 Å². The van der Waals surface area contributed by atoms with Gasteiger partial charge in [0.1, 0.15) is 5.75 Å². The van der Waals surface area contributed by atoms with Gasteiger partial charge in [-0.3, -0.25) is 0 Å². The first kappa shape index (κ1) is 10.6. The van der Waals surface area contributed by atoms with Crippen molar-refractivity contribution < 1.29 is 14.6 Å². The topological polar surface area (TPSA) is 46.5 Å². The van der Waals surface area contributed by atoms with Crippen LogP contribution >= 0.6 is 11.6 Å². The monoisotopic (exact) mass is 212 g/mol. The molecule has 0 aliphatic carbocycles. The van der Waals surface area contributed by atoms with Gasteiger partial charge in [0.05, 0.1) is 12.1 Å². The summed E-state index contributed by atoms with van der Waals surface area (Å²) in [6.45, 7) is 0. The van der Waals surface area contributed by atoms with Crippen molar-refractivity contribution in [1.82, 2.24) is 0 Å². The number of carbonyl (C=O) groups is 1. The minimum Gasteiger partial charge on any atom is -0.495 e. The van der Waals surface area contributed by atoms with Crippen molar-refractivity contribution in [2.75, 3.05) is 7.11 Å². The normalized spacial score (nSPS) is 10.4. The lowest BCUT2D eigenvalue weighted by atomic mass is 10.2. The van der Waals surface area contributed by atoms with Gasteiger partial charge in [-0.2, -0.15) is 0 Å². The molecule has 0 atom stereocenters. The smallest absolute Gasteiger partial charge is 0.328 e. The summed E-state index contributed by atoms with van der Waals surface area (Å²) in [5.74, 6) is -0.460. The van der Waals surface area contributed by atoms with Crippen LogP contribution in [0, 0.1) is 0 Å². The number of ether oxygens (including phenoxy) is 1. The molecule has 0 saturated heterocycles. The number of rotatable bonds is 3. The number of halogens is 1. The SMILES string of the molecule is COc1cc(/C=C/C(=O)O)ccc1Cl. The minimum absolute atomic E-state index is 0.500. The summed E-state index contributed by atoms with van der Waals surface area (Å²) in [4.78, 5) is 10.2. The van der Waals surface area contributed by atoms with Gasteiger partial charge in [-0.05, 0) is 23.8 Å². The molecule has 3 nitrogen and oxygen atoms in total.